The third-order valence-electron chi connectivity index (χ3n) is 3.90. The molecular formula is C17H21NO4. The van der Waals surface area contributed by atoms with Crippen LogP contribution in [0.1, 0.15) is 42.7 Å². The lowest BCUT2D eigenvalue weighted by molar-refractivity contribution is -0.140. The van der Waals surface area contributed by atoms with Gasteiger partial charge in [-0.05, 0) is 24.0 Å². The van der Waals surface area contributed by atoms with Crippen molar-refractivity contribution < 1.29 is 19.1 Å². The molecule has 1 unspecified atom stereocenters. The first-order valence-electron chi connectivity index (χ1n) is 7.55. The van der Waals surface area contributed by atoms with E-state index < -0.39 is 0 Å². The molecule has 5 nitrogen and oxygen atoms in total. The summed E-state index contributed by atoms with van der Waals surface area (Å²) in [5.74, 6) is -0.206. The van der Waals surface area contributed by atoms with Gasteiger partial charge in [-0.3, -0.25) is 14.4 Å². The topological polar surface area (TPSA) is 72.5 Å². The summed E-state index contributed by atoms with van der Waals surface area (Å²) in [7, 11) is 1.32. The number of methoxy groups -OCH3 is 1. The SMILES string of the molecule is COC(=O)CCNC(=O)Cc1cccc(C2CCCC2=O)c1. The van der Waals surface area contributed by atoms with E-state index in [1.165, 1.54) is 7.11 Å². The maximum Gasteiger partial charge on any atom is 0.307 e. The second kappa shape index (κ2) is 7.73. The van der Waals surface area contributed by atoms with Crippen molar-refractivity contribution in [2.45, 2.75) is 38.0 Å². The number of rotatable bonds is 6. The summed E-state index contributed by atoms with van der Waals surface area (Å²) in [6.45, 7) is 0.270. The zero-order valence-corrected chi connectivity index (χ0v) is 12.8. The third-order valence-corrected chi connectivity index (χ3v) is 3.90. The lowest BCUT2D eigenvalue weighted by atomic mass is 9.94. The van der Waals surface area contributed by atoms with Crippen LogP contribution in [-0.2, 0) is 25.5 Å². The number of ketones is 1. The zero-order valence-electron chi connectivity index (χ0n) is 12.8. The van der Waals surface area contributed by atoms with Crippen molar-refractivity contribution in [3.05, 3.63) is 35.4 Å². The molecule has 118 valence electrons. The largest absolute Gasteiger partial charge is 0.469 e. The molecule has 1 fully saturated rings. The van der Waals surface area contributed by atoms with Crippen LogP contribution in [0.2, 0.25) is 0 Å². The van der Waals surface area contributed by atoms with Gasteiger partial charge in [0.05, 0.1) is 20.0 Å². The maximum atomic E-state index is 11.8. The molecule has 0 aliphatic heterocycles. The molecule has 2 rings (SSSR count). The molecular weight excluding hydrogens is 282 g/mol. The van der Waals surface area contributed by atoms with E-state index in [-0.39, 0.29) is 37.2 Å². The van der Waals surface area contributed by atoms with Crippen molar-refractivity contribution in [1.82, 2.24) is 5.32 Å². The molecule has 1 aliphatic carbocycles. The van der Waals surface area contributed by atoms with Gasteiger partial charge >= 0.3 is 5.97 Å². The van der Waals surface area contributed by atoms with E-state index in [9.17, 15) is 14.4 Å². The van der Waals surface area contributed by atoms with Crippen LogP contribution in [0.4, 0.5) is 0 Å². The zero-order chi connectivity index (χ0) is 15.9. The second-order valence-corrected chi connectivity index (χ2v) is 5.51. The number of hydrogen-bond acceptors (Lipinski definition) is 4. The fraction of sp³-hybridized carbons (Fsp3) is 0.471. The van der Waals surface area contributed by atoms with Crippen LogP contribution in [0.25, 0.3) is 0 Å². The minimum Gasteiger partial charge on any atom is -0.469 e. The molecule has 0 spiro atoms. The first kappa shape index (κ1) is 16.2. The van der Waals surface area contributed by atoms with E-state index in [1.807, 2.05) is 24.3 Å². The van der Waals surface area contributed by atoms with E-state index in [0.29, 0.717) is 12.2 Å². The van der Waals surface area contributed by atoms with Gasteiger partial charge in [-0.1, -0.05) is 24.3 Å². The average molecular weight is 303 g/mol. The Labute approximate surface area is 130 Å². The monoisotopic (exact) mass is 303 g/mol. The summed E-state index contributed by atoms with van der Waals surface area (Å²) in [4.78, 5) is 34.6. The highest BCUT2D eigenvalue weighted by atomic mass is 16.5. The summed E-state index contributed by atoms with van der Waals surface area (Å²) in [6, 6.07) is 7.65. The Morgan fingerprint density at radius 2 is 2.18 bits per heavy atom. The second-order valence-electron chi connectivity index (χ2n) is 5.51. The number of nitrogens with one attached hydrogen (secondary N) is 1. The number of amides is 1. The van der Waals surface area contributed by atoms with Gasteiger partial charge in [0.15, 0.2) is 0 Å². The summed E-state index contributed by atoms with van der Waals surface area (Å²) >= 11 is 0. The summed E-state index contributed by atoms with van der Waals surface area (Å²) in [5.41, 5.74) is 1.88. The van der Waals surface area contributed by atoms with E-state index in [4.69, 9.17) is 0 Å². The van der Waals surface area contributed by atoms with Crippen LogP contribution in [0.5, 0.6) is 0 Å². The molecule has 1 saturated carbocycles. The Morgan fingerprint density at radius 3 is 2.86 bits per heavy atom. The molecule has 1 aromatic carbocycles. The van der Waals surface area contributed by atoms with Crippen molar-refractivity contribution in [3.63, 3.8) is 0 Å². The molecule has 5 heteroatoms. The van der Waals surface area contributed by atoms with Crippen molar-refractivity contribution in [2.75, 3.05) is 13.7 Å². The lowest BCUT2D eigenvalue weighted by Crippen LogP contribution is -2.27. The van der Waals surface area contributed by atoms with Crippen molar-refractivity contribution in [1.29, 1.82) is 0 Å². The number of Topliss-reactive ketones (excluding diaryl/α,β-unsaturated/α-hetero) is 1. The molecule has 0 heterocycles. The Bertz CT molecular complexity index is 568. The number of carbonyl (C=O) groups is 3. The lowest BCUT2D eigenvalue weighted by Gasteiger charge is -2.10. The van der Waals surface area contributed by atoms with E-state index in [1.54, 1.807) is 0 Å². The summed E-state index contributed by atoms with van der Waals surface area (Å²) in [6.07, 6.45) is 2.91. The van der Waals surface area contributed by atoms with Gasteiger partial charge in [-0.15, -0.1) is 0 Å². The molecule has 1 atom stereocenters. The smallest absolute Gasteiger partial charge is 0.307 e. The van der Waals surface area contributed by atoms with Crippen molar-refractivity contribution >= 4 is 17.7 Å². The Hall–Kier alpha value is -2.17. The van der Waals surface area contributed by atoms with Crippen LogP contribution < -0.4 is 5.32 Å². The maximum absolute atomic E-state index is 11.8. The minimum absolute atomic E-state index is 0.0117. The van der Waals surface area contributed by atoms with Crippen LogP contribution >= 0.6 is 0 Å². The molecule has 0 bridgehead atoms. The van der Waals surface area contributed by atoms with Crippen molar-refractivity contribution in [2.24, 2.45) is 0 Å². The van der Waals surface area contributed by atoms with Gasteiger partial charge in [0, 0.05) is 18.9 Å². The number of hydrogen-bond donors (Lipinski definition) is 1. The van der Waals surface area contributed by atoms with Crippen LogP contribution in [0.15, 0.2) is 24.3 Å². The predicted octanol–water partition coefficient (Wildman–Crippen LogP) is 1.74. The highest BCUT2D eigenvalue weighted by Gasteiger charge is 2.25. The molecule has 1 aromatic rings. The molecule has 1 aliphatic rings. The molecule has 0 saturated heterocycles. The third kappa shape index (κ3) is 4.41. The number of esters is 1. The van der Waals surface area contributed by atoms with Gasteiger partial charge in [0.2, 0.25) is 5.91 Å². The normalized spacial score (nSPS) is 17.3. The van der Waals surface area contributed by atoms with E-state index in [0.717, 1.165) is 24.0 Å². The molecule has 0 radical (unpaired) electrons. The Balaban J connectivity index is 1.88. The first-order chi connectivity index (χ1) is 10.6. The fourth-order valence-corrected chi connectivity index (χ4v) is 2.74. The Morgan fingerprint density at radius 1 is 1.36 bits per heavy atom. The highest BCUT2D eigenvalue weighted by molar-refractivity contribution is 5.87. The standard InChI is InChI=1S/C17H21NO4/c1-22-17(21)8-9-18-16(20)11-12-4-2-5-13(10-12)14-6-3-7-15(14)19/h2,4-5,10,14H,3,6-9,11H2,1H3,(H,18,20). The Kier molecular flexibility index (Phi) is 5.69. The van der Waals surface area contributed by atoms with Crippen molar-refractivity contribution in [3.8, 4) is 0 Å². The number of carbonyl (C=O) groups excluding carboxylic acids is 3. The van der Waals surface area contributed by atoms with Gasteiger partial charge < -0.3 is 10.1 Å². The number of ether oxygens (including phenoxy) is 1. The first-order valence-corrected chi connectivity index (χ1v) is 7.55. The molecule has 1 amide bonds. The number of benzene rings is 1. The van der Waals surface area contributed by atoms with E-state index in [2.05, 4.69) is 10.1 Å². The highest BCUT2D eigenvalue weighted by Crippen LogP contribution is 2.31. The van der Waals surface area contributed by atoms with Crippen LogP contribution in [-0.4, -0.2) is 31.3 Å². The van der Waals surface area contributed by atoms with Crippen LogP contribution in [0.3, 0.4) is 0 Å². The van der Waals surface area contributed by atoms with Crippen LogP contribution in [0, 0.1) is 0 Å². The van der Waals surface area contributed by atoms with Gasteiger partial charge in [-0.2, -0.15) is 0 Å². The predicted molar refractivity (Wildman–Crippen MR) is 81.4 cm³/mol. The average Bonchev–Trinajstić information content (AvgIpc) is 2.93. The van der Waals surface area contributed by atoms with Gasteiger partial charge in [0.25, 0.3) is 0 Å². The molecule has 22 heavy (non-hydrogen) atoms. The van der Waals surface area contributed by atoms with E-state index >= 15 is 0 Å². The minimum atomic E-state index is -0.345. The quantitative estimate of drug-likeness (QED) is 0.813. The summed E-state index contributed by atoms with van der Waals surface area (Å²) < 4.78 is 4.51. The fourth-order valence-electron chi connectivity index (χ4n) is 2.74. The molecule has 1 N–H and O–H groups in total. The van der Waals surface area contributed by atoms with Gasteiger partial charge in [-0.25, -0.2) is 0 Å². The summed E-state index contributed by atoms with van der Waals surface area (Å²) in [5, 5.41) is 2.69. The molecule has 0 aromatic heterocycles. The van der Waals surface area contributed by atoms with Gasteiger partial charge in [0.1, 0.15) is 5.78 Å².